The average molecular weight is 369 g/mol. The first-order valence-electron chi connectivity index (χ1n) is 8.65. The summed E-state index contributed by atoms with van der Waals surface area (Å²) < 4.78 is 0. The molecule has 4 amide bonds. The van der Waals surface area contributed by atoms with Gasteiger partial charge in [0, 0.05) is 17.5 Å². The summed E-state index contributed by atoms with van der Waals surface area (Å²) in [6.07, 6.45) is 1.48. The fourth-order valence-electron chi connectivity index (χ4n) is 3.60. The maximum atomic E-state index is 12.8. The molecule has 6 nitrogen and oxygen atoms in total. The van der Waals surface area contributed by atoms with Crippen molar-refractivity contribution in [3.8, 4) is 0 Å². The molecular weight excluding hydrogens is 350 g/mol. The van der Waals surface area contributed by atoms with Crippen LogP contribution in [0.5, 0.6) is 0 Å². The zero-order chi connectivity index (χ0) is 18.1. The van der Waals surface area contributed by atoms with Crippen molar-refractivity contribution in [1.29, 1.82) is 0 Å². The molecule has 1 aromatic heterocycles. The number of hydrogen-bond acceptors (Lipinski definition) is 4. The number of nitrogens with one attached hydrogen (secondary N) is 1. The zero-order valence-electron chi connectivity index (χ0n) is 14.1. The Morgan fingerprint density at radius 2 is 1.96 bits per heavy atom. The number of anilines is 1. The quantitative estimate of drug-likeness (QED) is 0.842. The molecule has 0 saturated carbocycles. The van der Waals surface area contributed by atoms with E-state index in [1.165, 1.54) is 4.90 Å². The molecule has 2 fully saturated rings. The van der Waals surface area contributed by atoms with Crippen molar-refractivity contribution in [2.75, 3.05) is 11.4 Å². The number of thiophene rings is 1. The molecule has 0 bridgehead atoms. The fraction of sp³-hybridized carbons (Fsp3) is 0.316. The molecule has 0 spiro atoms. The van der Waals surface area contributed by atoms with Gasteiger partial charge < -0.3 is 10.2 Å². The number of imide groups is 1. The van der Waals surface area contributed by atoms with Crippen LogP contribution in [0.15, 0.2) is 47.8 Å². The Morgan fingerprint density at radius 1 is 1.15 bits per heavy atom. The summed E-state index contributed by atoms with van der Waals surface area (Å²) in [7, 11) is 0. The van der Waals surface area contributed by atoms with Crippen LogP contribution in [0.4, 0.5) is 10.5 Å². The molecule has 0 aliphatic carbocycles. The number of amides is 4. The van der Waals surface area contributed by atoms with E-state index in [0.717, 1.165) is 4.88 Å². The van der Waals surface area contributed by atoms with Crippen molar-refractivity contribution in [3.05, 3.63) is 52.7 Å². The highest BCUT2D eigenvalue weighted by Crippen LogP contribution is 2.30. The van der Waals surface area contributed by atoms with Crippen LogP contribution in [0, 0.1) is 0 Å². The molecule has 1 N–H and O–H groups in total. The van der Waals surface area contributed by atoms with Crippen LogP contribution in [0.3, 0.4) is 0 Å². The Kier molecular flexibility index (Phi) is 4.46. The van der Waals surface area contributed by atoms with Crippen molar-refractivity contribution in [3.63, 3.8) is 0 Å². The number of piperidine rings is 1. The molecule has 26 heavy (non-hydrogen) atoms. The molecule has 134 valence electrons. The fourth-order valence-corrected chi connectivity index (χ4v) is 4.30. The number of nitrogens with zero attached hydrogens (tertiary/aromatic N) is 2. The van der Waals surface area contributed by atoms with Gasteiger partial charge in [0.2, 0.25) is 5.91 Å². The van der Waals surface area contributed by atoms with Crippen LogP contribution in [0.1, 0.15) is 17.7 Å². The average Bonchev–Trinajstić information content (AvgIpc) is 3.23. The second kappa shape index (κ2) is 6.92. The highest BCUT2D eigenvalue weighted by Gasteiger charge is 2.48. The lowest BCUT2D eigenvalue weighted by Crippen LogP contribution is -2.50. The van der Waals surface area contributed by atoms with Crippen molar-refractivity contribution >= 4 is 34.9 Å². The number of hydrogen-bond donors (Lipinski definition) is 1. The number of para-hydroxylation sites is 1. The summed E-state index contributed by atoms with van der Waals surface area (Å²) >= 11 is 1.55. The van der Waals surface area contributed by atoms with Crippen molar-refractivity contribution < 1.29 is 14.4 Å². The van der Waals surface area contributed by atoms with Crippen molar-refractivity contribution in [1.82, 2.24) is 10.2 Å². The van der Waals surface area contributed by atoms with Gasteiger partial charge >= 0.3 is 6.03 Å². The van der Waals surface area contributed by atoms with E-state index in [9.17, 15) is 14.4 Å². The lowest BCUT2D eigenvalue weighted by molar-refractivity contribution is -0.124. The second-order valence-corrected chi connectivity index (χ2v) is 7.58. The summed E-state index contributed by atoms with van der Waals surface area (Å²) in [6, 6.07) is 12.0. The molecule has 0 radical (unpaired) electrons. The normalized spacial score (nSPS) is 22.5. The minimum Gasteiger partial charge on any atom is -0.353 e. The first kappa shape index (κ1) is 16.8. The third kappa shape index (κ3) is 3.10. The molecule has 7 heteroatoms. The Labute approximate surface area is 155 Å². The lowest BCUT2D eigenvalue weighted by atomic mass is 9.97. The van der Waals surface area contributed by atoms with Crippen LogP contribution < -0.4 is 10.2 Å². The van der Waals surface area contributed by atoms with Crippen molar-refractivity contribution in [2.24, 2.45) is 0 Å². The summed E-state index contributed by atoms with van der Waals surface area (Å²) in [5.41, 5.74) is 0.593. The molecule has 1 aromatic carbocycles. The summed E-state index contributed by atoms with van der Waals surface area (Å²) in [5.74, 6) is -0.249. The Hall–Kier alpha value is -2.67. The minimum absolute atomic E-state index is 0.0393. The number of carbonyl (C=O) groups excluding carboxylic acids is 3. The number of benzene rings is 1. The second-order valence-electron chi connectivity index (χ2n) is 6.55. The first-order chi connectivity index (χ1) is 12.6. The van der Waals surface area contributed by atoms with Gasteiger partial charge in [-0.1, -0.05) is 24.3 Å². The highest BCUT2D eigenvalue weighted by molar-refractivity contribution is 7.10. The maximum Gasteiger partial charge on any atom is 0.332 e. The standard InChI is InChI=1S/C19H19N3O3S/c23-17(12-15-7-4-10-26-15)20-13-8-9-21-16(11-13)18(24)22(19(21)25)14-5-2-1-3-6-14/h1-7,10,13,16H,8-9,11-12H2,(H,20,23)/t13-,16-/m0/s1. The third-order valence-corrected chi connectivity index (χ3v) is 5.72. The maximum absolute atomic E-state index is 12.8. The van der Waals surface area contributed by atoms with E-state index in [1.807, 2.05) is 23.6 Å². The van der Waals surface area contributed by atoms with Gasteiger partial charge in [-0.25, -0.2) is 9.69 Å². The number of carbonyl (C=O) groups is 3. The van der Waals surface area contributed by atoms with Crippen LogP contribution in [0.25, 0.3) is 0 Å². The Bertz CT molecular complexity index is 822. The minimum atomic E-state index is -0.497. The van der Waals surface area contributed by atoms with Crippen LogP contribution in [-0.4, -0.2) is 41.4 Å². The molecule has 0 unspecified atom stereocenters. The molecule has 4 rings (SSSR count). The molecule has 2 saturated heterocycles. The topological polar surface area (TPSA) is 69.7 Å². The molecule has 3 heterocycles. The van der Waals surface area contributed by atoms with E-state index >= 15 is 0 Å². The molecule has 2 aliphatic rings. The molecule has 2 aromatic rings. The number of urea groups is 1. The van der Waals surface area contributed by atoms with Gasteiger partial charge in [0.1, 0.15) is 6.04 Å². The van der Waals surface area contributed by atoms with Crippen LogP contribution in [0.2, 0.25) is 0 Å². The zero-order valence-corrected chi connectivity index (χ0v) is 14.9. The smallest absolute Gasteiger partial charge is 0.332 e. The van der Waals surface area contributed by atoms with Crippen LogP contribution in [-0.2, 0) is 16.0 Å². The Balaban J connectivity index is 1.43. The molecule has 2 aliphatic heterocycles. The van der Waals surface area contributed by atoms with E-state index in [4.69, 9.17) is 0 Å². The SMILES string of the molecule is O=C(Cc1cccs1)N[C@H]1CCN2C(=O)N(c3ccccc3)C(=O)[C@@H]2C1. The summed E-state index contributed by atoms with van der Waals surface area (Å²) in [5, 5.41) is 4.97. The molecule has 2 atom stereocenters. The predicted molar refractivity (Wildman–Crippen MR) is 99.0 cm³/mol. The van der Waals surface area contributed by atoms with E-state index in [1.54, 1.807) is 40.5 Å². The van der Waals surface area contributed by atoms with E-state index in [0.29, 0.717) is 31.5 Å². The highest BCUT2D eigenvalue weighted by atomic mass is 32.1. The largest absolute Gasteiger partial charge is 0.353 e. The summed E-state index contributed by atoms with van der Waals surface area (Å²) in [4.78, 5) is 41.5. The van der Waals surface area contributed by atoms with Gasteiger partial charge in [-0.2, -0.15) is 0 Å². The van der Waals surface area contributed by atoms with Gasteiger partial charge in [-0.05, 0) is 36.4 Å². The van der Waals surface area contributed by atoms with Gasteiger partial charge in [0.05, 0.1) is 12.1 Å². The van der Waals surface area contributed by atoms with Gasteiger partial charge in [0.15, 0.2) is 0 Å². The lowest BCUT2D eigenvalue weighted by Gasteiger charge is -2.32. The van der Waals surface area contributed by atoms with Crippen molar-refractivity contribution in [2.45, 2.75) is 31.3 Å². The third-order valence-electron chi connectivity index (χ3n) is 4.84. The van der Waals surface area contributed by atoms with Gasteiger partial charge in [0.25, 0.3) is 5.91 Å². The molecular formula is C19H19N3O3S. The number of rotatable bonds is 4. The monoisotopic (exact) mass is 369 g/mol. The Morgan fingerprint density at radius 3 is 2.69 bits per heavy atom. The van der Waals surface area contributed by atoms with Crippen LogP contribution >= 0.6 is 11.3 Å². The number of fused-ring (bicyclic) bond motifs is 1. The predicted octanol–water partition coefficient (Wildman–Crippen LogP) is 2.41. The van der Waals surface area contributed by atoms with E-state index in [2.05, 4.69) is 5.32 Å². The van der Waals surface area contributed by atoms with Gasteiger partial charge in [-0.3, -0.25) is 9.59 Å². The van der Waals surface area contributed by atoms with Gasteiger partial charge in [-0.15, -0.1) is 11.3 Å². The first-order valence-corrected chi connectivity index (χ1v) is 9.53. The summed E-state index contributed by atoms with van der Waals surface area (Å²) in [6.45, 7) is 0.475. The van der Waals surface area contributed by atoms with E-state index < -0.39 is 6.04 Å². The van der Waals surface area contributed by atoms with E-state index in [-0.39, 0.29) is 23.9 Å².